The summed E-state index contributed by atoms with van der Waals surface area (Å²) in [6.45, 7) is 5.69. The number of carbonyl (C=O) groups excluding carboxylic acids is 1. The van der Waals surface area contributed by atoms with E-state index in [4.69, 9.17) is 0 Å². The summed E-state index contributed by atoms with van der Waals surface area (Å²) in [4.78, 5) is 20.1. The first kappa shape index (κ1) is 18.6. The Morgan fingerprint density at radius 2 is 1.86 bits per heavy atom. The van der Waals surface area contributed by atoms with E-state index in [9.17, 15) is 4.79 Å². The van der Waals surface area contributed by atoms with Crippen LogP contribution in [0, 0.1) is 13.8 Å². The predicted octanol–water partition coefficient (Wildman–Crippen LogP) is 5.35. The van der Waals surface area contributed by atoms with E-state index in [0.29, 0.717) is 0 Å². The molecule has 0 radical (unpaired) electrons. The lowest BCUT2D eigenvalue weighted by molar-refractivity contribution is -0.114. The average Bonchev–Trinajstić information content (AvgIpc) is 3.00. The Hall–Kier alpha value is -3.73. The Balaban J connectivity index is 1.62. The molecular formula is C24H22N4O. The summed E-state index contributed by atoms with van der Waals surface area (Å²) in [5, 5.41) is 3.88. The van der Waals surface area contributed by atoms with Crippen molar-refractivity contribution >= 4 is 34.4 Å². The molecule has 5 nitrogen and oxygen atoms in total. The molecule has 0 bridgehead atoms. The molecule has 2 heterocycles. The maximum atomic E-state index is 11.1. The van der Waals surface area contributed by atoms with Gasteiger partial charge in [-0.1, -0.05) is 6.07 Å². The Kier molecular flexibility index (Phi) is 4.96. The van der Waals surface area contributed by atoms with Crippen molar-refractivity contribution in [2.45, 2.75) is 20.8 Å². The highest BCUT2D eigenvalue weighted by molar-refractivity contribution is 5.89. The normalized spacial score (nSPS) is 11.3. The highest BCUT2D eigenvalue weighted by Gasteiger charge is 2.10. The Morgan fingerprint density at radius 3 is 2.62 bits per heavy atom. The molecule has 0 aliphatic rings. The summed E-state index contributed by atoms with van der Waals surface area (Å²) in [5.74, 6) is -0.0850. The molecule has 0 fully saturated rings. The molecular weight excluding hydrogens is 360 g/mol. The lowest BCUT2D eigenvalue weighted by Gasteiger charge is -2.10. The summed E-state index contributed by atoms with van der Waals surface area (Å²) in [6.07, 6.45) is 3.69. The van der Waals surface area contributed by atoms with Crippen molar-refractivity contribution in [2.75, 3.05) is 5.32 Å². The van der Waals surface area contributed by atoms with Gasteiger partial charge in [-0.15, -0.1) is 0 Å². The summed E-state index contributed by atoms with van der Waals surface area (Å²) in [7, 11) is 0. The van der Waals surface area contributed by atoms with Crippen LogP contribution in [-0.4, -0.2) is 21.7 Å². The van der Waals surface area contributed by atoms with E-state index in [-0.39, 0.29) is 5.91 Å². The fraction of sp³-hybridized carbons (Fsp3) is 0.125. The molecule has 0 aliphatic carbocycles. The van der Waals surface area contributed by atoms with Crippen molar-refractivity contribution in [3.63, 3.8) is 0 Å². The van der Waals surface area contributed by atoms with Crippen LogP contribution < -0.4 is 5.32 Å². The number of aryl methyl sites for hydroxylation is 1. The van der Waals surface area contributed by atoms with Gasteiger partial charge in [0, 0.05) is 53.0 Å². The molecule has 4 aromatic rings. The molecule has 0 saturated carbocycles. The number of nitrogens with zero attached hydrogens (tertiary/aromatic N) is 3. The van der Waals surface area contributed by atoms with Gasteiger partial charge in [-0.3, -0.25) is 14.8 Å². The molecule has 2 aromatic heterocycles. The van der Waals surface area contributed by atoms with Crippen LogP contribution in [0.3, 0.4) is 0 Å². The number of rotatable bonds is 4. The van der Waals surface area contributed by atoms with Crippen molar-refractivity contribution in [1.82, 2.24) is 9.55 Å². The zero-order valence-corrected chi connectivity index (χ0v) is 16.7. The number of fused-ring (bicyclic) bond motifs is 1. The van der Waals surface area contributed by atoms with E-state index in [2.05, 4.69) is 58.0 Å². The Morgan fingerprint density at radius 1 is 1.07 bits per heavy atom. The number of benzene rings is 2. The molecule has 2 aromatic carbocycles. The molecule has 0 aliphatic heterocycles. The molecule has 0 spiro atoms. The molecule has 1 N–H and O–H groups in total. The monoisotopic (exact) mass is 382 g/mol. The van der Waals surface area contributed by atoms with Crippen LogP contribution in [0.4, 0.5) is 11.4 Å². The summed E-state index contributed by atoms with van der Waals surface area (Å²) < 4.78 is 2.23. The second-order valence-electron chi connectivity index (χ2n) is 7.03. The van der Waals surface area contributed by atoms with E-state index < -0.39 is 0 Å². The van der Waals surface area contributed by atoms with Gasteiger partial charge in [0.25, 0.3) is 0 Å². The zero-order chi connectivity index (χ0) is 20.4. The van der Waals surface area contributed by atoms with Gasteiger partial charge in [-0.2, -0.15) is 0 Å². The minimum absolute atomic E-state index is 0.0850. The lowest BCUT2D eigenvalue weighted by atomic mass is 10.2. The standard InChI is InChI=1S/C24H22N4O/c1-16-13-20(15-26-21-6-8-22(9-7-21)27-18(3)29)17(2)28(16)23-10-11-24-19(14-23)5-4-12-25-24/h4-15H,1-3H3,(H,27,29). The van der Waals surface area contributed by atoms with E-state index in [0.717, 1.165) is 44.9 Å². The van der Waals surface area contributed by atoms with E-state index >= 15 is 0 Å². The quantitative estimate of drug-likeness (QED) is 0.484. The number of carbonyl (C=O) groups is 1. The van der Waals surface area contributed by atoms with Crippen LogP contribution in [-0.2, 0) is 4.79 Å². The molecule has 4 rings (SSSR count). The first-order valence-corrected chi connectivity index (χ1v) is 9.47. The number of anilines is 1. The number of hydrogen-bond donors (Lipinski definition) is 1. The number of aromatic nitrogens is 2. The van der Waals surface area contributed by atoms with Gasteiger partial charge in [-0.25, -0.2) is 0 Å². The highest BCUT2D eigenvalue weighted by Crippen LogP contribution is 2.24. The third kappa shape index (κ3) is 3.94. The van der Waals surface area contributed by atoms with Crippen LogP contribution in [0.5, 0.6) is 0 Å². The van der Waals surface area contributed by atoms with Gasteiger partial charge in [-0.05, 0) is 68.4 Å². The largest absolute Gasteiger partial charge is 0.326 e. The van der Waals surface area contributed by atoms with Gasteiger partial charge in [0.05, 0.1) is 11.2 Å². The molecule has 1 amide bonds. The van der Waals surface area contributed by atoms with E-state index in [1.807, 2.05) is 48.8 Å². The van der Waals surface area contributed by atoms with Crippen molar-refractivity contribution in [2.24, 2.45) is 4.99 Å². The second-order valence-corrected chi connectivity index (χ2v) is 7.03. The van der Waals surface area contributed by atoms with Crippen LogP contribution in [0.15, 0.2) is 71.9 Å². The van der Waals surface area contributed by atoms with Crippen molar-refractivity contribution in [1.29, 1.82) is 0 Å². The molecule has 0 atom stereocenters. The zero-order valence-electron chi connectivity index (χ0n) is 16.7. The number of amides is 1. The smallest absolute Gasteiger partial charge is 0.221 e. The molecule has 0 unspecified atom stereocenters. The average molecular weight is 382 g/mol. The maximum absolute atomic E-state index is 11.1. The first-order chi connectivity index (χ1) is 14.0. The topological polar surface area (TPSA) is 59.3 Å². The Bertz CT molecular complexity index is 1220. The fourth-order valence-electron chi connectivity index (χ4n) is 3.50. The predicted molar refractivity (Wildman–Crippen MR) is 119 cm³/mol. The summed E-state index contributed by atoms with van der Waals surface area (Å²) in [5.41, 5.74) is 7.04. The number of aliphatic imine (C=N–C) groups is 1. The molecule has 29 heavy (non-hydrogen) atoms. The molecule has 5 heteroatoms. The fourth-order valence-corrected chi connectivity index (χ4v) is 3.50. The third-order valence-electron chi connectivity index (χ3n) is 4.86. The lowest BCUT2D eigenvalue weighted by Crippen LogP contribution is -2.04. The SMILES string of the molecule is CC(=O)Nc1ccc(N=Cc2cc(C)n(-c3ccc4ncccc4c3)c2C)cc1. The second kappa shape index (κ2) is 7.72. The van der Waals surface area contributed by atoms with Crippen LogP contribution >= 0.6 is 0 Å². The maximum Gasteiger partial charge on any atom is 0.221 e. The van der Waals surface area contributed by atoms with E-state index in [1.165, 1.54) is 6.92 Å². The minimum Gasteiger partial charge on any atom is -0.326 e. The van der Waals surface area contributed by atoms with Crippen LogP contribution in [0.1, 0.15) is 23.9 Å². The molecule has 144 valence electrons. The van der Waals surface area contributed by atoms with Crippen LogP contribution in [0.2, 0.25) is 0 Å². The van der Waals surface area contributed by atoms with Crippen molar-refractivity contribution in [3.05, 3.63) is 83.8 Å². The van der Waals surface area contributed by atoms with Crippen LogP contribution in [0.25, 0.3) is 16.6 Å². The highest BCUT2D eigenvalue weighted by atomic mass is 16.1. The van der Waals surface area contributed by atoms with Gasteiger partial charge in [0.15, 0.2) is 0 Å². The molecule has 0 saturated heterocycles. The minimum atomic E-state index is -0.0850. The number of pyridine rings is 1. The van der Waals surface area contributed by atoms with E-state index in [1.54, 1.807) is 0 Å². The van der Waals surface area contributed by atoms with Gasteiger partial charge >= 0.3 is 0 Å². The van der Waals surface area contributed by atoms with Gasteiger partial charge in [0.2, 0.25) is 5.91 Å². The number of hydrogen-bond acceptors (Lipinski definition) is 3. The third-order valence-corrected chi connectivity index (χ3v) is 4.86. The Labute approximate surface area is 169 Å². The summed E-state index contributed by atoms with van der Waals surface area (Å²) >= 11 is 0. The van der Waals surface area contributed by atoms with Gasteiger partial charge < -0.3 is 9.88 Å². The van der Waals surface area contributed by atoms with Crippen molar-refractivity contribution < 1.29 is 4.79 Å². The summed E-state index contributed by atoms with van der Waals surface area (Å²) in [6, 6.07) is 19.9. The number of nitrogens with one attached hydrogen (secondary N) is 1. The van der Waals surface area contributed by atoms with Gasteiger partial charge in [0.1, 0.15) is 0 Å². The van der Waals surface area contributed by atoms with Crippen molar-refractivity contribution in [3.8, 4) is 5.69 Å². The first-order valence-electron chi connectivity index (χ1n) is 9.47.